The Balaban J connectivity index is 1.48. The number of rotatable bonds is 5. The number of fused-ring (bicyclic) bond motifs is 4. The molecule has 0 unspecified atom stereocenters. The second-order valence-electron chi connectivity index (χ2n) is 9.61. The zero-order valence-electron chi connectivity index (χ0n) is 21.5. The largest absolute Gasteiger partial charge is 0.492 e. The van der Waals surface area contributed by atoms with Crippen LogP contribution >= 0.6 is 0 Å². The molecular formula is C28H33F2N3O5. The standard InChI is InChI=1S/C28H33F2N3O5/c1-37-12-8-26(34)33-17-23-19-4-2-5-22(14-19)38-13-11-32(10-3-9-31-28(36)24(23)18-33)27(35)15-20-6-7-21(29)16-25(20)30/h2,4-7,14,16,23-24H,3,8-13,15,17-18H2,1H3,(H,31,36)/t23-,24+/m1/s1. The summed E-state index contributed by atoms with van der Waals surface area (Å²) < 4.78 is 38.4. The van der Waals surface area contributed by atoms with Crippen LogP contribution in [0.4, 0.5) is 8.78 Å². The fourth-order valence-corrected chi connectivity index (χ4v) is 4.98. The van der Waals surface area contributed by atoms with Gasteiger partial charge < -0.3 is 24.6 Å². The van der Waals surface area contributed by atoms with Crippen molar-refractivity contribution in [3.05, 3.63) is 65.2 Å². The molecule has 2 bridgehead atoms. The number of carbonyl (C=O) groups excluding carboxylic acids is 3. The lowest BCUT2D eigenvalue weighted by Crippen LogP contribution is -2.40. The van der Waals surface area contributed by atoms with Crippen LogP contribution in [0.5, 0.6) is 5.75 Å². The zero-order valence-corrected chi connectivity index (χ0v) is 21.5. The van der Waals surface area contributed by atoms with Crippen LogP contribution in [0.1, 0.15) is 29.9 Å². The average molecular weight is 530 g/mol. The molecule has 10 heteroatoms. The van der Waals surface area contributed by atoms with E-state index in [9.17, 15) is 23.2 Å². The highest BCUT2D eigenvalue weighted by molar-refractivity contribution is 5.83. The molecule has 2 heterocycles. The first kappa shape index (κ1) is 27.5. The Hall–Kier alpha value is -3.53. The van der Waals surface area contributed by atoms with Gasteiger partial charge in [0.2, 0.25) is 17.7 Å². The van der Waals surface area contributed by atoms with E-state index in [1.54, 1.807) is 23.0 Å². The van der Waals surface area contributed by atoms with Gasteiger partial charge in [-0.2, -0.15) is 0 Å². The quantitative estimate of drug-likeness (QED) is 0.643. The van der Waals surface area contributed by atoms with Gasteiger partial charge in [0.15, 0.2) is 0 Å². The normalized spacial score (nSPS) is 20.2. The van der Waals surface area contributed by atoms with Gasteiger partial charge in [0.05, 0.1) is 31.9 Å². The minimum Gasteiger partial charge on any atom is -0.492 e. The molecule has 2 aromatic rings. The summed E-state index contributed by atoms with van der Waals surface area (Å²) in [6, 6.07) is 10.6. The number of nitrogens with zero attached hydrogens (tertiary/aromatic N) is 2. The molecule has 3 amide bonds. The Kier molecular flexibility index (Phi) is 9.28. The van der Waals surface area contributed by atoms with E-state index in [4.69, 9.17) is 9.47 Å². The summed E-state index contributed by atoms with van der Waals surface area (Å²) in [5, 5.41) is 2.97. The van der Waals surface area contributed by atoms with E-state index in [1.165, 1.54) is 6.07 Å². The minimum atomic E-state index is -0.762. The van der Waals surface area contributed by atoms with Gasteiger partial charge in [-0.1, -0.05) is 18.2 Å². The minimum absolute atomic E-state index is 0.0517. The Morgan fingerprint density at radius 2 is 1.87 bits per heavy atom. The molecule has 2 aliphatic heterocycles. The van der Waals surface area contributed by atoms with Crippen molar-refractivity contribution < 1.29 is 32.6 Å². The van der Waals surface area contributed by atoms with Crippen molar-refractivity contribution >= 4 is 17.7 Å². The lowest BCUT2D eigenvalue weighted by molar-refractivity contribution is -0.132. The first-order valence-electron chi connectivity index (χ1n) is 12.8. The van der Waals surface area contributed by atoms with Crippen LogP contribution in [0.3, 0.4) is 0 Å². The van der Waals surface area contributed by atoms with Crippen LogP contribution in [0.25, 0.3) is 0 Å². The summed E-state index contributed by atoms with van der Waals surface area (Å²) in [5.41, 5.74) is 1.02. The van der Waals surface area contributed by atoms with Crippen molar-refractivity contribution in [3.63, 3.8) is 0 Å². The number of nitrogens with one attached hydrogen (secondary N) is 1. The summed E-state index contributed by atoms with van der Waals surface area (Å²) in [6.45, 7) is 2.25. The lowest BCUT2D eigenvalue weighted by Gasteiger charge is -2.25. The maximum Gasteiger partial charge on any atom is 0.227 e. The number of ether oxygens (including phenoxy) is 2. The fraction of sp³-hybridized carbons (Fsp3) is 0.464. The van der Waals surface area contributed by atoms with E-state index in [0.717, 1.165) is 17.7 Å². The predicted octanol–water partition coefficient (Wildman–Crippen LogP) is 2.51. The van der Waals surface area contributed by atoms with Crippen molar-refractivity contribution in [1.29, 1.82) is 0 Å². The van der Waals surface area contributed by atoms with Crippen LogP contribution in [0.15, 0.2) is 42.5 Å². The number of benzene rings is 2. The van der Waals surface area contributed by atoms with Gasteiger partial charge in [-0.15, -0.1) is 0 Å². The molecule has 8 nitrogen and oxygen atoms in total. The molecule has 0 aliphatic carbocycles. The van der Waals surface area contributed by atoms with E-state index in [-0.39, 0.29) is 55.2 Å². The first-order chi connectivity index (χ1) is 18.4. The average Bonchev–Trinajstić information content (AvgIpc) is 3.36. The van der Waals surface area contributed by atoms with Crippen LogP contribution in [-0.4, -0.2) is 80.6 Å². The number of carbonyl (C=O) groups is 3. The van der Waals surface area contributed by atoms with Crippen LogP contribution < -0.4 is 10.1 Å². The molecule has 2 atom stereocenters. The highest BCUT2D eigenvalue weighted by Gasteiger charge is 2.40. The molecule has 0 aromatic heterocycles. The number of amides is 3. The van der Waals surface area contributed by atoms with E-state index in [2.05, 4.69) is 5.32 Å². The van der Waals surface area contributed by atoms with Crippen molar-refractivity contribution in [1.82, 2.24) is 15.1 Å². The van der Waals surface area contributed by atoms with Gasteiger partial charge in [-0.25, -0.2) is 8.78 Å². The Bertz CT molecular complexity index is 1160. The molecule has 0 spiro atoms. The number of halogens is 2. The zero-order chi connectivity index (χ0) is 27.1. The van der Waals surface area contributed by atoms with Crippen LogP contribution in [0, 0.1) is 17.6 Å². The van der Waals surface area contributed by atoms with Gasteiger partial charge >= 0.3 is 0 Å². The van der Waals surface area contributed by atoms with Gasteiger partial charge in [-0.3, -0.25) is 14.4 Å². The van der Waals surface area contributed by atoms with Gasteiger partial charge in [-0.05, 0) is 35.7 Å². The summed E-state index contributed by atoms with van der Waals surface area (Å²) in [6.07, 6.45) is 0.541. The van der Waals surface area contributed by atoms with Gasteiger partial charge in [0, 0.05) is 45.3 Å². The lowest BCUT2D eigenvalue weighted by atomic mass is 9.88. The molecule has 2 aromatic carbocycles. The predicted molar refractivity (Wildman–Crippen MR) is 136 cm³/mol. The van der Waals surface area contributed by atoms with E-state index in [0.29, 0.717) is 45.0 Å². The summed E-state index contributed by atoms with van der Waals surface area (Å²) in [5.74, 6) is -1.96. The monoisotopic (exact) mass is 529 g/mol. The number of hydrogen-bond acceptors (Lipinski definition) is 5. The number of likely N-dealkylation sites (tertiary alicyclic amines) is 1. The summed E-state index contributed by atoms with van der Waals surface area (Å²) >= 11 is 0. The highest BCUT2D eigenvalue weighted by Crippen LogP contribution is 2.35. The maximum absolute atomic E-state index is 14.1. The molecule has 0 radical (unpaired) electrons. The topological polar surface area (TPSA) is 88.2 Å². The Morgan fingerprint density at radius 3 is 2.66 bits per heavy atom. The second-order valence-corrected chi connectivity index (χ2v) is 9.61. The second kappa shape index (κ2) is 12.8. The molecule has 38 heavy (non-hydrogen) atoms. The number of methoxy groups -OCH3 is 1. The van der Waals surface area contributed by atoms with Crippen LogP contribution in [0.2, 0.25) is 0 Å². The van der Waals surface area contributed by atoms with Crippen molar-refractivity contribution in [2.45, 2.75) is 25.2 Å². The SMILES string of the molecule is COCCC(=O)N1C[C@@H]2C(=O)NCCCN(C(=O)Cc3ccc(F)cc3F)CCOc3cccc(c3)[C@H]2C1. The molecule has 0 saturated carbocycles. The molecule has 4 rings (SSSR count). The maximum atomic E-state index is 14.1. The molecule has 1 saturated heterocycles. The van der Waals surface area contributed by atoms with E-state index >= 15 is 0 Å². The first-order valence-corrected chi connectivity index (χ1v) is 12.8. The third kappa shape index (κ3) is 6.86. The van der Waals surface area contributed by atoms with Crippen molar-refractivity contribution in [2.75, 3.05) is 53.0 Å². The van der Waals surface area contributed by atoms with Gasteiger partial charge in [0.1, 0.15) is 24.0 Å². The molecule has 1 N–H and O–H groups in total. The third-order valence-corrected chi connectivity index (χ3v) is 7.06. The van der Waals surface area contributed by atoms with Crippen molar-refractivity contribution in [3.8, 4) is 5.75 Å². The molecule has 1 fully saturated rings. The molecule has 2 aliphatic rings. The summed E-state index contributed by atoms with van der Waals surface area (Å²) in [4.78, 5) is 42.1. The third-order valence-electron chi connectivity index (χ3n) is 7.06. The molecular weight excluding hydrogens is 496 g/mol. The van der Waals surface area contributed by atoms with E-state index in [1.807, 2.05) is 18.2 Å². The van der Waals surface area contributed by atoms with Gasteiger partial charge in [0.25, 0.3) is 0 Å². The Labute approximate surface area is 220 Å². The van der Waals surface area contributed by atoms with Crippen LogP contribution in [-0.2, 0) is 25.5 Å². The Morgan fingerprint density at radius 1 is 1.05 bits per heavy atom. The number of hydrogen-bond donors (Lipinski definition) is 1. The van der Waals surface area contributed by atoms with E-state index < -0.39 is 17.6 Å². The smallest absolute Gasteiger partial charge is 0.227 e. The van der Waals surface area contributed by atoms with Crippen molar-refractivity contribution in [2.24, 2.45) is 5.92 Å². The molecule has 204 valence electrons. The highest BCUT2D eigenvalue weighted by atomic mass is 19.1. The fourth-order valence-electron chi connectivity index (χ4n) is 4.98. The summed E-state index contributed by atoms with van der Waals surface area (Å²) in [7, 11) is 1.55.